The monoisotopic (exact) mass is 341 g/mol. The minimum atomic E-state index is -3.50. The molecule has 0 saturated heterocycles. The number of sulfonamides is 1. The van der Waals surface area contributed by atoms with Crippen LogP contribution in [-0.4, -0.2) is 50.9 Å². The van der Waals surface area contributed by atoms with Crippen LogP contribution in [-0.2, 0) is 10.0 Å². The lowest BCUT2D eigenvalue weighted by Gasteiger charge is -2.25. The molecule has 0 radical (unpaired) electrons. The highest BCUT2D eigenvalue weighted by Crippen LogP contribution is 2.32. The van der Waals surface area contributed by atoms with Crippen LogP contribution in [0.25, 0.3) is 0 Å². The van der Waals surface area contributed by atoms with Crippen LogP contribution in [0, 0.1) is 5.92 Å². The number of hydrogen-bond donors (Lipinski definition) is 1. The Morgan fingerprint density at radius 2 is 1.96 bits per heavy atom. The van der Waals surface area contributed by atoms with Gasteiger partial charge in [0.25, 0.3) is 0 Å². The minimum absolute atomic E-state index is 0.0393. The summed E-state index contributed by atoms with van der Waals surface area (Å²) >= 11 is 0. The third-order valence-corrected chi connectivity index (χ3v) is 5.04. The molecule has 0 amide bonds. The van der Waals surface area contributed by atoms with Crippen molar-refractivity contribution in [3.05, 3.63) is 17.7 Å². The molecule has 0 aromatic carbocycles. The lowest BCUT2D eigenvalue weighted by atomic mass is 10.2. The molecule has 1 heterocycles. The van der Waals surface area contributed by atoms with Crippen molar-refractivity contribution in [3.8, 4) is 0 Å². The molecule has 0 atom stereocenters. The van der Waals surface area contributed by atoms with Crippen LogP contribution in [0.2, 0.25) is 0 Å². The second-order valence-corrected chi connectivity index (χ2v) is 8.01. The number of anilines is 2. The summed E-state index contributed by atoms with van der Waals surface area (Å²) in [5.74, 6) is 0.163. The fourth-order valence-electron chi connectivity index (χ4n) is 2.30. The van der Waals surface area contributed by atoms with E-state index in [9.17, 15) is 18.3 Å². The fourth-order valence-corrected chi connectivity index (χ4v) is 2.73. The molecule has 1 aromatic rings. The standard InChI is InChI=1S/C15H23N3O4S/c1-4-7-18(10-11-5-6-11)14-9-12(15(19)20)8-13(16-14)17(2)23(3,21)22/h8-9,11H,4-7,10H2,1-3H3,(H,19,20). The maximum Gasteiger partial charge on any atom is 0.335 e. The first-order valence-corrected chi connectivity index (χ1v) is 9.51. The number of carbonyl (C=O) groups is 1. The Kier molecular flexibility index (Phi) is 5.13. The number of pyridine rings is 1. The number of carboxylic acid groups (broad SMARTS) is 1. The highest BCUT2D eigenvalue weighted by atomic mass is 32.2. The van der Waals surface area contributed by atoms with E-state index in [1.807, 2.05) is 11.8 Å². The number of nitrogens with zero attached hydrogens (tertiary/aromatic N) is 3. The average Bonchev–Trinajstić information content (AvgIpc) is 3.28. The molecule has 2 rings (SSSR count). The van der Waals surface area contributed by atoms with E-state index in [-0.39, 0.29) is 11.4 Å². The maximum atomic E-state index is 11.7. The van der Waals surface area contributed by atoms with Crippen molar-refractivity contribution in [2.45, 2.75) is 26.2 Å². The fraction of sp³-hybridized carbons (Fsp3) is 0.600. The van der Waals surface area contributed by atoms with Crippen molar-refractivity contribution in [1.82, 2.24) is 4.98 Å². The summed E-state index contributed by atoms with van der Waals surface area (Å²) in [6.45, 7) is 3.63. The molecule has 1 aromatic heterocycles. The molecular weight excluding hydrogens is 318 g/mol. The third-order valence-electron chi connectivity index (χ3n) is 3.86. The Bertz CT molecular complexity index is 686. The zero-order valence-corrected chi connectivity index (χ0v) is 14.5. The van der Waals surface area contributed by atoms with Gasteiger partial charge >= 0.3 is 5.97 Å². The molecule has 1 saturated carbocycles. The van der Waals surface area contributed by atoms with Crippen LogP contribution in [0.5, 0.6) is 0 Å². The Balaban J connectivity index is 2.44. The summed E-state index contributed by atoms with van der Waals surface area (Å²) in [5, 5.41) is 9.31. The van der Waals surface area contributed by atoms with Crippen molar-refractivity contribution in [1.29, 1.82) is 0 Å². The number of aromatic carboxylic acids is 1. The highest BCUT2D eigenvalue weighted by molar-refractivity contribution is 7.92. The molecule has 8 heteroatoms. The van der Waals surface area contributed by atoms with Crippen LogP contribution >= 0.6 is 0 Å². The van der Waals surface area contributed by atoms with Gasteiger partial charge in [-0.1, -0.05) is 6.92 Å². The van der Waals surface area contributed by atoms with Gasteiger partial charge in [-0.2, -0.15) is 0 Å². The summed E-state index contributed by atoms with van der Waals surface area (Å²) in [5.41, 5.74) is 0.0393. The quantitative estimate of drug-likeness (QED) is 0.775. The number of rotatable bonds is 8. The predicted molar refractivity (Wildman–Crippen MR) is 89.7 cm³/mol. The van der Waals surface area contributed by atoms with E-state index in [0.29, 0.717) is 11.7 Å². The SMILES string of the molecule is CCCN(CC1CC1)c1cc(C(=O)O)cc(N(C)S(C)(=O)=O)n1. The smallest absolute Gasteiger partial charge is 0.335 e. The van der Waals surface area contributed by atoms with Crippen LogP contribution in [0.4, 0.5) is 11.6 Å². The van der Waals surface area contributed by atoms with E-state index in [1.165, 1.54) is 32.0 Å². The van der Waals surface area contributed by atoms with Gasteiger partial charge in [-0.3, -0.25) is 4.31 Å². The lowest BCUT2D eigenvalue weighted by Crippen LogP contribution is -2.30. The Morgan fingerprint density at radius 1 is 1.35 bits per heavy atom. The van der Waals surface area contributed by atoms with Gasteiger partial charge in [0.05, 0.1) is 11.8 Å². The van der Waals surface area contributed by atoms with Gasteiger partial charge < -0.3 is 10.0 Å². The predicted octanol–water partition coefficient (Wildman–Crippen LogP) is 1.80. The zero-order valence-electron chi connectivity index (χ0n) is 13.7. The van der Waals surface area contributed by atoms with Crippen LogP contribution < -0.4 is 9.21 Å². The largest absolute Gasteiger partial charge is 0.478 e. The normalized spacial score (nSPS) is 14.6. The molecule has 0 spiro atoms. The van der Waals surface area contributed by atoms with Crippen LogP contribution in [0.1, 0.15) is 36.5 Å². The van der Waals surface area contributed by atoms with E-state index < -0.39 is 16.0 Å². The second-order valence-electron chi connectivity index (χ2n) is 6.00. The minimum Gasteiger partial charge on any atom is -0.478 e. The first-order chi connectivity index (χ1) is 10.7. The number of hydrogen-bond acceptors (Lipinski definition) is 5. The lowest BCUT2D eigenvalue weighted by molar-refractivity contribution is 0.0697. The number of carboxylic acids is 1. The molecule has 1 N–H and O–H groups in total. The van der Waals surface area contributed by atoms with E-state index in [4.69, 9.17) is 0 Å². The second kappa shape index (κ2) is 6.74. The highest BCUT2D eigenvalue weighted by Gasteiger charge is 2.26. The summed E-state index contributed by atoms with van der Waals surface area (Å²) in [4.78, 5) is 17.8. The molecule has 0 aliphatic heterocycles. The molecular formula is C15H23N3O4S. The summed E-state index contributed by atoms with van der Waals surface area (Å²) in [6, 6.07) is 2.80. The molecule has 128 valence electrons. The van der Waals surface area contributed by atoms with Crippen LogP contribution in [0.15, 0.2) is 12.1 Å². The molecule has 1 aliphatic carbocycles. The van der Waals surface area contributed by atoms with Gasteiger partial charge in [0.15, 0.2) is 0 Å². The maximum absolute atomic E-state index is 11.7. The molecule has 0 bridgehead atoms. The first kappa shape index (κ1) is 17.5. The van der Waals surface area contributed by atoms with Gasteiger partial charge in [-0.15, -0.1) is 0 Å². The Labute approximate surface area is 137 Å². The average molecular weight is 341 g/mol. The van der Waals surface area contributed by atoms with E-state index in [2.05, 4.69) is 4.98 Å². The molecule has 23 heavy (non-hydrogen) atoms. The molecule has 1 fully saturated rings. The van der Waals surface area contributed by atoms with Crippen molar-refractivity contribution in [2.24, 2.45) is 5.92 Å². The Morgan fingerprint density at radius 3 is 2.43 bits per heavy atom. The van der Waals surface area contributed by atoms with Gasteiger partial charge in [0, 0.05) is 20.1 Å². The van der Waals surface area contributed by atoms with Crippen LogP contribution in [0.3, 0.4) is 0 Å². The van der Waals surface area contributed by atoms with Crippen molar-refractivity contribution in [2.75, 3.05) is 35.6 Å². The summed E-state index contributed by atoms with van der Waals surface area (Å²) in [6.07, 6.45) is 4.32. The van der Waals surface area contributed by atoms with E-state index in [0.717, 1.165) is 30.1 Å². The van der Waals surface area contributed by atoms with Gasteiger partial charge in [-0.05, 0) is 37.3 Å². The van der Waals surface area contributed by atoms with Crippen molar-refractivity contribution >= 4 is 27.6 Å². The van der Waals surface area contributed by atoms with Gasteiger partial charge in [0.1, 0.15) is 11.6 Å². The zero-order chi connectivity index (χ0) is 17.2. The molecule has 1 aliphatic rings. The summed E-state index contributed by atoms with van der Waals surface area (Å²) in [7, 11) is -2.13. The van der Waals surface area contributed by atoms with Crippen molar-refractivity contribution < 1.29 is 18.3 Å². The van der Waals surface area contributed by atoms with E-state index >= 15 is 0 Å². The number of aromatic nitrogens is 1. The third kappa shape index (κ3) is 4.57. The topological polar surface area (TPSA) is 90.8 Å². The molecule has 0 unspecified atom stereocenters. The Hall–Kier alpha value is -1.83. The molecule has 7 nitrogen and oxygen atoms in total. The van der Waals surface area contributed by atoms with E-state index in [1.54, 1.807) is 0 Å². The summed E-state index contributed by atoms with van der Waals surface area (Å²) < 4.78 is 24.5. The van der Waals surface area contributed by atoms with Crippen molar-refractivity contribution in [3.63, 3.8) is 0 Å². The first-order valence-electron chi connectivity index (χ1n) is 7.66. The van der Waals surface area contributed by atoms with Gasteiger partial charge in [0.2, 0.25) is 10.0 Å². The van der Waals surface area contributed by atoms with Gasteiger partial charge in [-0.25, -0.2) is 18.2 Å².